The van der Waals surface area contributed by atoms with E-state index in [1.807, 2.05) is 0 Å². The Morgan fingerprint density at radius 1 is 1.35 bits per heavy atom. The van der Waals surface area contributed by atoms with Crippen LogP contribution in [0.1, 0.15) is 22.8 Å². The van der Waals surface area contributed by atoms with Gasteiger partial charge in [0.05, 0.1) is 11.7 Å². The van der Waals surface area contributed by atoms with Gasteiger partial charge >= 0.3 is 6.18 Å². The van der Waals surface area contributed by atoms with Crippen molar-refractivity contribution >= 4 is 11.8 Å². The molecule has 5 nitrogen and oxygen atoms in total. The van der Waals surface area contributed by atoms with Gasteiger partial charge in [-0.2, -0.15) is 13.2 Å². The molecule has 1 fully saturated rings. The molecule has 23 heavy (non-hydrogen) atoms. The number of hydrogen-bond acceptors (Lipinski definition) is 3. The third kappa shape index (κ3) is 4.01. The minimum atomic E-state index is -4.55. The number of amides is 2. The van der Waals surface area contributed by atoms with Crippen molar-refractivity contribution in [3.63, 3.8) is 0 Å². The Bertz CT molecular complexity index is 604. The first-order chi connectivity index (χ1) is 10.7. The Balaban J connectivity index is 2.24. The molecule has 0 radical (unpaired) electrons. The smallest absolute Gasteiger partial charge is 0.389 e. The Hall–Kier alpha value is -2.09. The summed E-state index contributed by atoms with van der Waals surface area (Å²) in [6.07, 6.45) is -5.49. The van der Waals surface area contributed by atoms with Crippen molar-refractivity contribution in [1.29, 1.82) is 0 Å². The van der Waals surface area contributed by atoms with Gasteiger partial charge in [0.2, 0.25) is 5.91 Å². The first kappa shape index (κ1) is 17.3. The van der Waals surface area contributed by atoms with E-state index in [-0.39, 0.29) is 31.1 Å². The lowest BCUT2D eigenvalue weighted by Gasteiger charge is -2.21. The van der Waals surface area contributed by atoms with Crippen LogP contribution in [0.3, 0.4) is 0 Å². The van der Waals surface area contributed by atoms with Crippen LogP contribution in [-0.2, 0) is 11.0 Å². The second-order valence-electron chi connectivity index (χ2n) is 5.35. The molecule has 1 unspecified atom stereocenters. The normalized spacial score (nSPS) is 19.7. The molecule has 126 valence electrons. The van der Waals surface area contributed by atoms with Crippen molar-refractivity contribution in [2.24, 2.45) is 0 Å². The quantitative estimate of drug-likeness (QED) is 0.891. The van der Waals surface area contributed by atoms with E-state index in [0.29, 0.717) is 6.54 Å². The summed E-state index contributed by atoms with van der Waals surface area (Å²) in [4.78, 5) is 26.9. The molecule has 1 N–H and O–H groups in total. The monoisotopic (exact) mass is 330 g/mol. The molecule has 8 heteroatoms. The fraction of sp³-hybridized carbons (Fsp3) is 0.467. The van der Waals surface area contributed by atoms with Crippen LogP contribution in [-0.4, -0.2) is 59.0 Å². The molecule has 1 aromatic carbocycles. The van der Waals surface area contributed by atoms with E-state index in [1.165, 1.54) is 11.0 Å². The van der Waals surface area contributed by atoms with E-state index in [9.17, 15) is 27.9 Å². The van der Waals surface area contributed by atoms with Crippen molar-refractivity contribution in [3.8, 4) is 0 Å². The molecule has 0 spiro atoms. The number of carbonyl (C=O) groups excluding carboxylic acids is 2. The molecule has 2 rings (SSSR count). The molecule has 0 aliphatic carbocycles. The van der Waals surface area contributed by atoms with Crippen molar-refractivity contribution in [3.05, 3.63) is 35.4 Å². The van der Waals surface area contributed by atoms with Crippen molar-refractivity contribution in [2.75, 3.05) is 26.2 Å². The van der Waals surface area contributed by atoms with Crippen LogP contribution in [0.2, 0.25) is 0 Å². The van der Waals surface area contributed by atoms with Crippen molar-refractivity contribution in [1.82, 2.24) is 9.80 Å². The zero-order chi connectivity index (χ0) is 17.2. The van der Waals surface area contributed by atoms with Gasteiger partial charge in [-0.3, -0.25) is 9.59 Å². The minimum Gasteiger partial charge on any atom is -0.389 e. The highest BCUT2D eigenvalue weighted by atomic mass is 19.4. The summed E-state index contributed by atoms with van der Waals surface area (Å²) >= 11 is 0. The predicted octanol–water partition coefficient (Wildman–Crippen LogP) is 1.37. The van der Waals surface area contributed by atoms with Gasteiger partial charge in [-0.05, 0) is 25.1 Å². The topological polar surface area (TPSA) is 60.9 Å². The third-order valence-corrected chi connectivity index (χ3v) is 3.65. The fourth-order valence-corrected chi connectivity index (χ4v) is 2.47. The summed E-state index contributed by atoms with van der Waals surface area (Å²) in [5.41, 5.74) is -1.09. The maximum absolute atomic E-state index is 12.7. The maximum atomic E-state index is 12.7. The molecule has 0 bridgehead atoms. The molecule has 1 heterocycles. The number of halogens is 3. The van der Waals surface area contributed by atoms with Crippen molar-refractivity contribution < 1.29 is 27.9 Å². The van der Waals surface area contributed by atoms with Gasteiger partial charge < -0.3 is 14.9 Å². The third-order valence-electron chi connectivity index (χ3n) is 3.65. The minimum absolute atomic E-state index is 0.0989. The summed E-state index contributed by atoms with van der Waals surface area (Å²) in [5, 5.41) is 9.89. The molecule has 1 aliphatic heterocycles. The van der Waals surface area contributed by atoms with Crippen LogP contribution in [0.5, 0.6) is 0 Å². The van der Waals surface area contributed by atoms with E-state index in [4.69, 9.17) is 0 Å². The highest BCUT2D eigenvalue weighted by Gasteiger charge is 2.33. The van der Waals surface area contributed by atoms with Gasteiger partial charge in [0.15, 0.2) is 0 Å². The van der Waals surface area contributed by atoms with E-state index in [0.717, 1.165) is 23.1 Å². The summed E-state index contributed by atoms with van der Waals surface area (Å²) in [6.45, 7) is 1.87. The Morgan fingerprint density at radius 3 is 2.65 bits per heavy atom. The summed E-state index contributed by atoms with van der Waals surface area (Å²) in [5.74, 6) is -1.05. The van der Waals surface area contributed by atoms with E-state index >= 15 is 0 Å². The van der Waals surface area contributed by atoms with Gasteiger partial charge in [0.1, 0.15) is 6.54 Å². The highest BCUT2D eigenvalue weighted by molar-refractivity contribution is 5.97. The number of aliphatic hydroxyl groups is 1. The lowest BCUT2D eigenvalue weighted by Crippen LogP contribution is -2.39. The molecule has 0 aromatic heterocycles. The molecular weight excluding hydrogens is 313 g/mol. The number of alkyl halides is 3. The first-order valence-electron chi connectivity index (χ1n) is 7.14. The van der Waals surface area contributed by atoms with Gasteiger partial charge in [-0.1, -0.05) is 6.07 Å². The number of rotatable bonds is 2. The second-order valence-corrected chi connectivity index (χ2v) is 5.35. The second kappa shape index (κ2) is 6.57. The van der Waals surface area contributed by atoms with E-state index < -0.39 is 23.8 Å². The number of hydrogen-bond donors (Lipinski definition) is 1. The molecule has 2 amide bonds. The van der Waals surface area contributed by atoms with Gasteiger partial charge in [0.25, 0.3) is 5.91 Å². The molecule has 1 aliphatic rings. The SMILES string of the molecule is CCN1CC(O)CN(C(=O)c2cccc(C(F)(F)F)c2)CC1=O. The summed E-state index contributed by atoms with van der Waals surface area (Å²) in [6, 6.07) is 4.03. The molecular formula is C15H17F3N2O3. The molecule has 1 atom stereocenters. The summed E-state index contributed by atoms with van der Waals surface area (Å²) < 4.78 is 38.2. The fourth-order valence-electron chi connectivity index (χ4n) is 2.47. The average molecular weight is 330 g/mol. The van der Waals surface area contributed by atoms with Gasteiger partial charge in [0, 0.05) is 25.2 Å². The number of likely N-dealkylation sites (N-methyl/N-ethyl adjacent to an activating group) is 1. The number of β-amino-alcohol motifs (C(OH)–C–C–N with tert-alkyl or cyclic N) is 1. The number of aliphatic hydroxyl groups excluding tert-OH is 1. The van der Waals surface area contributed by atoms with Crippen LogP contribution >= 0.6 is 0 Å². The van der Waals surface area contributed by atoms with Crippen LogP contribution in [0.4, 0.5) is 13.2 Å². The molecule has 0 saturated carbocycles. The lowest BCUT2D eigenvalue weighted by atomic mass is 10.1. The number of nitrogens with zero attached hydrogens (tertiary/aromatic N) is 2. The van der Waals surface area contributed by atoms with Crippen LogP contribution in [0, 0.1) is 0 Å². The Kier molecular flexibility index (Phi) is 4.93. The maximum Gasteiger partial charge on any atom is 0.416 e. The number of benzene rings is 1. The molecule has 1 saturated heterocycles. The van der Waals surface area contributed by atoms with Gasteiger partial charge in [-0.25, -0.2) is 0 Å². The van der Waals surface area contributed by atoms with Crippen LogP contribution in [0.15, 0.2) is 24.3 Å². The zero-order valence-electron chi connectivity index (χ0n) is 12.5. The van der Waals surface area contributed by atoms with Crippen LogP contribution < -0.4 is 0 Å². The van der Waals surface area contributed by atoms with E-state index in [1.54, 1.807) is 6.92 Å². The zero-order valence-corrected chi connectivity index (χ0v) is 12.5. The highest BCUT2D eigenvalue weighted by Crippen LogP contribution is 2.29. The van der Waals surface area contributed by atoms with E-state index in [2.05, 4.69) is 0 Å². The van der Waals surface area contributed by atoms with Crippen molar-refractivity contribution in [2.45, 2.75) is 19.2 Å². The first-order valence-corrected chi connectivity index (χ1v) is 7.14. The standard InChI is InChI=1S/C15H17F3N2O3/c1-2-19-7-12(21)8-20(9-13(19)22)14(23)10-4-3-5-11(6-10)15(16,17)18/h3-6,12,21H,2,7-9H2,1H3. The average Bonchev–Trinajstić information content (AvgIpc) is 2.64. The summed E-state index contributed by atoms with van der Waals surface area (Å²) in [7, 11) is 0. The predicted molar refractivity (Wildman–Crippen MR) is 75.6 cm³/mol. The van der Waals surface area contributed by atoms with Crippen LogP contribution in [0.25, 0.3) is 0 Å². The lowest BCUT2D eigenvalue weighted by molar-refractivity contribution is -0.137. The Labute approximate surface area is 131 Å². The van der Waals surface area contributed by atoms with Gasteiger partial charge in [-0.15, -0.1) is 0 Å². The number of carbonyl (C=O) groups is 2. The molecule has 1 aromatic rings. The Morgan fingerprint density at radius 2 is 2.04 bits per heavy atom. The largest absolute Gasteiger partial charge is 0.416 e.